The van der Waals surface area contributed by atoms with E-state index < -0.39 is 0 Å². The fourth-order valence-corrected chi connectivity index (χ4v) is 3.28. The van der Waals surface area contributed by atoms with Crippen LogP contribution in [0.3, 0.4) is 0 Å². The number of hydrogen-bond donors (Lipinski definition) is 1. The van der Waals surface area contributed by atoms with Gasteiger partial charge in [0.15, 0.2) is 0 Å². The van der Waals surface area contributed by atoms with Gasteiger partial charge < -0.3 is 14.7 Å². The van der Waals surface area contributed by atoms with Gasteiger partial charge in [-0.25, -0.2) is 0 Å². The van der Waals surface area contributed by atoms with Crippen molar-refractivity contribution in [3.8, 4) is 11.5 Å². The fraction of sp³-hybridized carbons (Fsp3) is 0.409. The molecule has 1 N–H and O–H groups in total. The number of aryl methyl sites for hydroxylation is 1. The molecule has 27 heavy (non-hydrogen) atoms. The number of carbonyl (C=O) groups excluding carboxylic acids is 1. The van der Waals surface area contributed by atoms with Gasteiger partial charge in [0.25, 0.3) is 5.91 Å². The number of carbonyl (C=O) groups is 1. The second-order valence-corrected chi connectivity index (χ2v) is 7.01. The standard InChI is InChI=1S/C22H28N2O3/c1-18-5-4-6-21(17-18)27-20-9-7-19(8-10-20)22(26)24-14-12-23(13-15-24)11-2-3-16-25/h4-10,17,25H,2-3,11-16H2,1H3. The van der Waals surface area contributed by atoms with Crippen molar-refractivity contribution in [3.05, 3.63) is 59.7 Å². The van der Waals surface area contributed by atoms with E-state index in [1.54, 1.807) is 0 Å². The van der Waals surface area contributed by atoms with E-state index in [2.05, 4.69) is 4.90 Å². The van der Waals surface area contributed by atoms with E-state index in [1.165, 1.54) is 0 Å². The molecule has 0 atom stereocenters. The molecule has 0 bridgehead atoms. The van der Waals surface area contributed by atoms with Crippen LogP contribution >= 0.6 is 0 Å². The molecule has 3 rings (SSSR count). The van der Waals surface area contributed by atoms with Crippen LogP contribution in [-0.2, 0) is 0 Å². The summed E-state index contributed by atoms with van der Waals surface area (Å²) in [6, 6.07) is 15.3. The molecular weight excluding hydrogens is 340 g/mol. The normalized spacial score (nSPS) is 15.0. The summed E-state index contributed by atoms with van der Waals surface area (Å²) in [4.78, 5) is 17.0. The van der Waals surface area contributed by atoms with Crippen LogP contribution in [0.1, 0.15) is 28.8 Å². The Balaban J connectivity index is 1.52. The van der Waals surface area contributed by atoms with Crippen molar-refractivity contribution in [2.45, 2.75) is 19.8 Å². The molecule has 0 saturated carbocycles. The molecular formula is C22H28N2O3. The number of aliphatic hydroxyl groups excluding tert-OH is 1. The maximum absolute atomic E-state index is 12.7. The topological polar surface area (TPSA) is 53.0 Å². The number of benzene rings is 2. The van der Waals surface area contributed by atoms with Crippen molar-refractivity contribution in [1.82, 2.24) is 9.80 Å². The zero-order chi connectivity index (χ0) is 19.1. The molecule has 1 fully saturated rings. The minimum atomic E-state index is 0.0760. The first kappa shape index (κ1) is 19.4. The molecule has 1 heterocycles. The van der Waals surface area contributed by atoms with E-state index in [4.69, 9.17) is 9.84 Å². The van der Waals surface area contributed by atoms with Crippen LogP contribution < -0.4 is 4.74 Å². The van der Waals surface area contributed by atoms with Gasteiger partial charge in [0.2, 0.25) is 0 Å². The monoisotopic (exact) mass is 368 g/mol. The van der Waals surface area contributed by atoms with E-state index >= 15 is 0 Å². The second kappa shape index (κ2) is 9.53. The fourth-order valence-electron chi connectivity index (χ4n) is 3.28. The Morgan fingerprint density at radius 2 is 1.74 bits per heavy atom. The van der Waals surface area contributed by atoms with Gasteiger partial charge in [-0.05, 0) is 68.3 Å². The van der Waals surface area contributed by atoms with Crippen molar-refractivity contribution >= 4 is 5.91 Å². The van der Waals surface area contributed by atoms with Crippen LogP contribution in [0.5, 0.6) is 11.5 Å². The van der Waals surface area contributed by atoms with Gasteiger partial charge in [-0.2, -0.15) is 0 Å². The lowest BCUT2D eigenvalue weighted by atomic mass is 10.1. The quantitative estimate of drug-likeness (QED) is 0.762. The molecule has 5 nitrogen and oxygen atoms in total. The lowest BCUT2D eigenvalue weighted by molar-refractivity contribution is 0.0634. The Morgan fingerprint density at radius 1 is 1.00 bits per heavy atom. The van der Waals surface area contributed by atoms with E-state index in [0.29, 0.717) is 5.56 Å². The van der Waals surface area contributed by atoms with Gasteiger partial charge in [0.1, 0.15) is 11.5 Å². The Labute approximate surface area is 161 Å². The first-order valence-corrected chi connectivity index (χ1v) is 9.63. The number of piperazine rings is 1. The third-order valence-corrected chi connectivity index (χ3v) is 4.87. The highest BCUT2D eigenvalue weighted by atomic mass is 16.5. The molecule has 0 aromatic heterocycles. The van der Waals surface area contributed by atoms with Gasteiger partial charge in [-0.1, -0.05) is 12.1 Å². The third-order valence-electron chi connectivity index (χ3n) is 4.87. The molecule has 0 unspecified atom stereocenters. The smallest absolute Gasteiger partial charge is 0.253 e. The second-order valence-electron chi connectivity index (χ2n) is 7.01. The number of ether oxygens (including phenoxy) is 1. The van der Waals surface area contributed by atoms with Gasteiger partial charge in [-0.15, -0.1) is 0 Å². The molecule has 0 spiro atoms. The van der Waals surface area contributed by atoms with Crippen LogP contribution in [-0.4, -0.2) is 60.1 Å². The number of unbranched alkanes of at least 4 members (excludes halogenated alkanes) is 1. The zero-order valence-electron chi connectivity index (χ0n) is 15.9. The summed E-state index contributed by atoms with van der Waals surface area (Å²) in [5, 5.41) is 8.87. The number of amides is 1. The lowest BCUT2D eigenvalue weighted by Gasteiger charge is -2.34. The summed E-state index contributed by atoms with van der Waals surface area (Å²) in [6.45, 7) is 6.56. The van der Waals surface area contributed by atoms with Gasteiger partial charge in [-0.3, -0.25) is 9.69 Å². The Bertz CT molecular complexity index is 737. The Morgan fingerprint density at radius 3 is 2.41 bits per heavy atom. The zero-order valence-corrected chi connectivity index (χ0v) is 15.9. The summed E-state index contributed by atoms with van der Waals surface area (Å²) in [5.74, 6) is 1.60. The summed E-state index contributed by atoms with van der Waals surface area (Å²) < 4.78 is 5.85. The van der Waals surface area contributed by atoms with Gasteiger partial charge in [0, 0.05) is 38.3 Å². The van der Waals surface area contributed by atoms with E-state index in [9.17, 15) is 4.79 Å². The minimum Gasteiger partial charge on any atom is -0.457 e. The Hall–Kier alpha value is -2.37. The summed E-state index contributed by atoms with van der Waals surface area (Å²) in [5.41, 5.74) is 1.84. The van der Waals surface area contributed by atoms with E-state index in [-0.39, 0.29) is 12.5 Å². The maximum atomic E-state index is 12.7. The number of aliphatic hydroxyl groups is 1. The van der Waals surface area contributed by atoms with Crippen molar-refractivity contribution in [2.24, 2.45) is 0 Å². The molecule has 1 saturated heterocycles. The van der Waals surface area contributed by atoms with E-state index in [1.807, 2.05) is 60.4 Å². The average Bonchev–Trinajstić information content (AvgIpc) is 2.69. The number of rotatable bonds is 7. The lowest BCUT2D eigenvalue weighted by Crippen LogP contribution is -2.48. The third kappa shape index (κ3) is 5.55. The highest BCUT2D eigenvalue weighted by Gasteiger charge is 2.21. The van der Waals surface area contributed by atoms with Crippen LogP contribution in [0.15, 0.2) is 48.5 Å². The van der Waals surface area contributed by atoms with Crippen molar-refractivity contribution in [3.63, 3.8) is 0 Å². The molecule has 1 amide bonds. The highest BCUT2D eigenvalue weighted by molar-refractivity contribution is 5.94. The van der Waals surface area contributed by atoms with Gasteiger partial charge >= 0.3 is 0 Å². The largest absolute Gasteiger partial charge is 0.457 e. The molecule has 1 aliphatic rings. The van der Waals surface area contributed by atoms with Crippen molar-refractivity contribution in [1.29, 1.82) is 0 Å². The summed E-state index contributed by atoms with van der Waals surface area (Å²) in [6.07, 6.45) is 1.85. The predicted octanol–water partition coefficient (Wildman–Crippen LogP) is 3.32. The summed E-state index contributed by atoms with van der Waals surface area (Å²) in [7, 11) is 0. The van der Waals surface area contributed by atoms with Crippen LogP contribution in [0, 0.1) is 6.92 Å². The average molecular weight is 368 g/mol. The Kier molecular flexibility index (Phi) is 6.85. The highest BCUT2D eigenvalue weighted by Crippen LogP contribution is 2.23. The van der Waals surface area contributed by atoms with Gasteiger partial charge in [0.05, 0.1) is 0 Å². The van der Waals surface area contributed by atoms with Crippen LogP contribution in [0.4, 0.5) is 0 Å². The maximum Gasteiger partial charge on any atom is 0.253 e. The van der Waals surface area contributed by atoms with Crippen molar-refractivity contribution in [2.75, 3.05) is 39.3 Å². The molecule has 1 aliphatic heterocycles. The van der Waals surface area contributed by atoms with Crippen LogP contribution in [0.25, 0.3) is 0 Å². The first-order valence-electron chi connectivity index (χ1n) is 9.63. The minimum absolute atomic E-state index is 0.0760. The molecule has 5 heteroatoms. The predicted molar refractivity (Wildman–Crippen MR) is 106 cm³/mol. The molecule has 0 radical (unpaired) electrons. The summed E-state index contributed by atoms with van der Waals surface area (Å²) >= 11 is 0. The first-order chi connectivity index (χ1) is 13.2. The van der Waals surface area contributed by atoms with Crippen molar-refractivity contribution < 1.29 is 14.6 Å². The van der Waals surface area contributed by atoms with E-state index in [0.717, 1.165) is 62.6 Å². The van der Waals surface area contributed by atoms with Crippen LogP contribution in [0.2, 0.25) is 0 Å². The number of hydrogen-bond acceptors (Lipinski definition) is 4. The number of nitrogens with zero attached hydrogens (tertiary/aromatic N) is 2. The molecule has 0 aliphatic carbocycles. The molecule has 144 valence electrons. The molecule has 2 aromatic carbocycles. The SMILES string of the molecule is Cc1cccc(Oc2ccc(C(=O)N3CCN(CCCCO)CC3)cc2)c1. The molecule has 2 aromatic rings.